The van der Waals surface area contributed by atoms with E-state index in [1.807, 2.05) is 4.90 Å². The first-order valence-electron chi connectivity index (χ1n) is 7.31. The molecule has 0 spiro atoms. The number of amides is 1. The Bertz CT molecular complexity index is 694. The molecule has 3 rings (SSSR count). The second-order valence-electron chi connectivity index (χ2n) is 5.17. The minimum Gasteiger partial charge on any atom is -0.365 e. The summed E-state index contributed by atoms with van der Waals surface area (Å²) in [6.07, 6.45) is -0.0965. The van der Waals surface area contributed by atoms with Gasteiger partial charge in [0, 0.05) is 20.0 Å². The number of carbonyl (C=O) groups excluding carboxylic acids is 1. The first-order chi connectivity index (χ1) is 11.2. The number of anilines is 1. The zero-order valence-electron chi connectivity index (χ0n) is 12.7. The first kappa shape index (κ1) is 15.8. The molecule has 1 N–H and O–H groups in total. The highest BCUT2D eigenvalue weighted by Gasteiger charge is 2.27. The highest BCUT2D eigenvalue weighted by atomic mass is 32.1. The van der Waals surface area contributed by atoms with Gasteiger partial charge in [0.05, 0.1) is 13.2 Å². The molecule has 1 aromatic heterocycles. The molecule has 0 radical (unpaired) electrons. The van der Waals surface area contributed by atoms with Gasteiger partial charge in [0.2, 0.25) is 5.13 Å². The third-order valence-electron chi connectivity index (χ3n) is 3.63. The molecular weight excluding hydrogens is 319 g/mol. The summed E-state index contributed by atoms with van der Waals surface area (Å²) in [6, 6.07) is 6.65. The fraction of sp³-hybridized carbons (Fsp3) is 0.400. The maximum absolute atomic E-state index is 13.7. The van der Waals surface area contributed by atoms with Crippen LogP contribution in [0.1, 0.15) is 10.6 Å². The summed E-state index contributed by atoms with van der Waals surface area (Å²) in [7, 11) is 1.59. The van der Waals surface area contributed by atoms with Gasteiger partial charge in [-0.3, -0.25) is 4.79 Å². The summed E-state index contributed by atoms with van der Waals surface area (Å²) in [5.74, 6) is -0.388. The average molecular weight is 336 g/mol. The molecule has 8 heteroatoms. The third-order valence-corrected chi connectivity index (χ3v) is 4.62. The second-order valence-corrected chi connectivity index (χ2v) is 6.21. The maximum atomic E-state index is 13.7. The number of halogens is 1. The van der Waals surface area contributed by atoms with E-state index < -0.39 is 6.10 Å². The number of ether oxygens (including phenoxy) is 1. The largest absolute Gasteiger partial charge is 0.365 e. The highest BCUT2D eigenvalue weighted by molar-refractivity contribution is 7.15. The summed E-state index contributed by atoms with van der Waals surface area (Å²) in [5, 5.41) is 12.4. The van der Waals surface area contributed by atoms with Gasteiger partial charge in [-0.05, 0) is 11.6 Å². The van der Waals surface area contributed by atoms with Crippen molar-refractivity contribution in [2.75, 3.05) is 31.6 Å². The lowest BCUT2D eigenvalue weighted by Crippen LogP contribution is -2.49. The monoisotopic (exact) mass is 336 g/mol. The van der Waals surface area contributed by atoms with Gasteiger partial charge in [0.15, 0.2) is 6.10 Å². The van der Waals surface area contributed by atoms with E-state index in [4.69, 9.17) is 4.74 Å². The lowest BCUT2D eigenvalue weighted by atomic mass is 10.1. The summed E-state index contributed by atoms with van der Waals surface area (Å²) in [6.45, 7) is 1.55. The van der Waals surface area contributed by atoms with Crippen molar-refractivity contribution < 1.29 is 13.9 Å². The molecule has 1 amide bonds. The van der Waals surface area contributed by atoms with Crippen LogP contribution >= 0.6 is 11.3 Å². The minimum atomic E-state index is -0.507. The van der Waals surface area contributed by atoms with Crippen molar-refractivity contribution in [1.29, 1.82) is 0 Å². The van der Waals surface area contributed by atoms with Crippen LogP contribution in [0.25, 0.3) is 0 Å². The van der Waals surface area contributed by atoms with E-state index in [-0.39, 0.29) is 11.7 Å². The fourth-order valence-electron chi connectivity index (χ4n) is 2.39. The van der Waals surface area contributed by atoms with E-state index in [1.54, 1.807) is 25.2 Å². The first-order valence-corrected chi connectivity index (χ1v) is 8.13. The van der Waals surface area contributed by atoms with Crippen molar-refractivity contribution in [3.8, 4) is 0 Å². The van der Waals surface area contributed by atoms with Crippen molar-refractivity contribution in [2.24, 2.45) is 0 Å². The predicted octanol–water partition coefficient (Wildman–Crippen LogP) is 1.22. The number of nitrogens with zero attached hydrogens (tertiary/aromatic N) is 3. The van der Waals surface area contributed by atoms with Gasteiger partial charge < -0.3 is 15.0 Å². The van der Waals surface area contributed by atoms with Crippen LogP contribution in [0.15, 0.2) is 24.3 Å². The SMILES string of the molecule is CNC(=O)C1CN(c2nnc(Cc3ccccc3F)s2)CCO1. The molecule has 1 aliphatic rings. The van der Waals surface area contributed by atoms with E-state index >= 15 is 0 Å². The highest BCUT2D eigenvalue weighted by Crippen LogP contribution is 2.24. The summed E-state index contributed by atoms with van der Waals surface area (Å²) in [4.78, 5) is 13.7. The fourth-order valence-corrected chi connectivity index (χ4v) is 3.29. The van der Waals surface area contributed by atoms with Crippen molar-refractivity contribution in [1.82, 2.24) is 15.5 Å². The van der Waals surface area contributed by atoms with Crippen molar-refractivity contribution in [2.45, 2.75) is 12.5 Å². The van der Waals surface area contributed by atoms with E-state index in [1.165, 1.54) is 17.4 Å². The topological polar surface area (TPSA) is 67.4 Å². The number of hydrogen-bond acceptors (Lipinski definition) is 6. The zero-order valence-corrected chi connectivity index (χ0v) is 13.5. The normalized spacial score (nSPS) is 18.0. The number of likely N-dealkylation sites (N-methyl/N-ethyl adjacent to an activating group) is 1. The molecule has 0 bridgehead atoms. The molecule has 1 fully saturated rings. The van der Waals surface area contributed by atoms with Crippen LogP contribution in [0.2, 0.25) is 0 Å². The van der Waals surface area contributed by atoms with E-state index in [0.29, 0.717) is 31.7 Å². The molecule has 2 heterocycles. The Balaban J connectivity index is 1.69. The van der Waals surface area contributed by atoms with Gasteiger partial charge in [-0.25, -0.2) is 4.39 Å². The molecule has 1 saturated heterocycles. The van der Waals surface area contributed by atoms with Crippen LogP contribution in [-0.4, -0.2) is 49.0 Å². The Labute approximate surface area is 137 Å². The number of hydrogen-bond donors (Lipinski definition) is 1. The van der Waals surface area contributed by atoms with Crippen LogP contribution in [0.4, 0.5) is 9.52 Å². The standard InChI is InChI=1S/C15H17FN4O2S/c1-17-14(21)12-9-20(6-7-22-12)15-19-18-13(23-15)8-10-4-2-3-5-11(10)16/h2-5,12H,6-9H2,1H3,(H,17,21). The molecule has 0 saturated carbocycles. The second kappa shape index (κ2) is 7.01. The molecule has 122 valence electrons. The molecule has 23 heavy (non-hydrogen) atoms. The van der Waals surface area contributed by atoms with E-state index in [9.17, 15) is 9.18 Å². The van der Waals surface area contributed by atoms with Gasteiger partial charge in [-0.1, -0.05) is 29.5 Å². The molecule has 1 atom stereocenters. The average Bonchev–Trinajstić information content (AvgIpc) is 3.05. The Morgan fingerprint density at radius 2 is 2.30 bits per heavy atom. The molecule has 6 nitrogen and oxygen atoms in total. The van der Waals surface area contributed by atoms with Crippen LogP contribution in [-0.2, 0) is 16.0 Å². The lowest BCUT2D eigenvalue weighted by Gasteiger charge is -2.31. The lowest BCUT2D eigenvalue weighted by molar-refractivity contribution is -0.132. The molecule has 1 aromatic carbocycles. The van der Waals surface area contributed by atoms with Gasteiger partial charge in [0.1, 0.15) is 10.8 Å². The number of aromatic nitrogens is 2. The molecule has 0 aliphatic carbocycles. The number of morpholine rings is 1. The third kappa shape index (κ3) is 3.65. The van der Waals surface area contributed by atoms with Gasteiger partial charge in [-0.15, -0.1) is 10.2 Å². The smallest absolute Gasteiger partial charge is 0.250 e. The molecule has 1 aliphatic heterocycles. The van der Waals surface area contributed by atoms with Crippen molar-refractivity contribution in [3.63, 3.8) is 0 Å². The van der Waals surface area contributed by atoms with Gasteiger partial charge in [0.25, 0.3) is 5.91 Å². The predicted molar refractivity (Wildman–Crippen MR) is 85.1 cm³/mol. The Morgan fingerprint density at radius 3 is 3.09 bits per heavy atom. The summed E-state index contributed by atoms with van der Waals surface area (Å²) in [5.41, 5.74) is 0.598. The van der Waals surface area contributed by atoms with Crippen molar-refractivity contribution in [3.05, 3.63) is 40.7 Å². The molecule has 1 unspecified atom stereocenters. The molecule has 2 aromatic rings. The summed E-state index contributed by atoms with van der Waals surface area (Å²) >= 11 is 1.41. The quantitative estimate of drug-likeness (QED) is 0.909. The van der Waals surface area contributed by atoms with Gasteiger partial charge >= 0.3 is 0 Å². The zero-order chi connectivity index (χ0) is 16.2. The Hall–Kier alpha value is -2.06. The van der Waals surface area contributed by atoms with E-state index in [0.717, 1.165) is 10.1 Å². The van der Waals surface area contributed by atoms with Crippen LogP contribution < -0.4 is 10.2 Å². The van der Waals surface area contributed by atoms with Crippen molar-refractivity contribution >= 4 is 22.4 Å². The molecular formula is C15H17FN4O2S. The Morgan fingerprint density at radius 1 is 1.48 bits per heavy atom. The maximum Gasteiger partial charge on any atom is 0.250 e. The summed E-state index contributed by atoms with van der Waals surface area (Å²) < 4.78 is 19.2. The number of benzene rings is 1. The van der Waals surface area contributed by atoms with E-state index in [2.05, 4.69) is 15.5 Å². The number of rotatable bonds is 4. The van der Waals surface area contributed by atoms with Crippen LogP contribution in [0, 0.1) is 5.82 Å². The number of nitrogens with one attached hydrogen (secondary N) is 1. The Kier molecular flexibility index (Phi) is 4.82. The van der Waals surface area contributed by atoms with Gasteiger partial charge in [-0.2, -0.15) is 0 Å². The van der Waals surface area contributed by atoms with Crippen LogP contribution in [0.3, 0.4) is 0 Å². The van der Waals surface area contributed by atoms with Crippen LogP contribution in [0.5, 0.6) is 0 Å². The number of carbonyl (C=O) groups is 1. The minimum absolute atomic E-state index is 0.147.